The maximum atomic E-state index is 13.7. The van der Waals surface area contributed by atoms with Crippen molar-refractivity contribution in [1.82, 2.24) is 10.6 Å². The van der Waals surface area contributed by atoms with E-state index in [4.69, 9.17) is 4.74 Å². The number of urea groups is 1. The van der Waals surface area contributed by atoms with Crippen LogP contribution >= 0.6 is 0 Å². The molecular weight excluding hydrogens is 299 g/mol. The van der Waals surface area contributed by atoms with Gasteiger partial charge in [-0.2, -0.15) is 0 Å². The number of hydrogen-bond acceptors (Lipinski definition) is 3. The molecular formula is C17H25FN2O3. The lowest BCUT2D eigenvalue weighted by atomic mass is 9.87. The maximum Gasteiger partial charge on any atom is 0.315 e. The van der Waals surface area contributed by atoms with E-state index >= 15 is 0 Å². The molecule has 1 fully saturated rings. The highest BCUT2D eigenvalue weighted by Crippen LogP contribution is 2.23. The quantitative estimate of drug-likeness (QED) is 0.753. The van der Waals surface area contributed by atoms with Crippen molar-refractivity contribution in [2.75, 3.05) is 13.2 Å². The summed E-state index contributed by atoms with van der Waals surface area (Å²) in [6.45, 7) is 3.01. The molecule has 3 N–H and O–H groups in total. The number of ether oxygens (including phenoxy) is 1. The molecule has 1 aromatic rings. The number of carbonyl (C=O) groups excluding carboxylic acids is 1. The average molecular weight is 324 g/mol. The molecule has 1 aliphatic carbocycles. The summed E-state index contributed by atoms with van der Waals surface area (Å²) in [6.07, 6.45) is 3.38. The Labute approximate surface area is 136 Å². The summed E-state index contributed by atoms with van der Waals surface area (Å²) in [6, 6.07) is 4.38. The van der Waals surface area contributed by atoms with Gasteiger partial charge in [0.1, 0.15) is 0 Å². The van der Waals surface area contributed by atoms with Crippen LogP contribution in [0.2, 0.25) is 0 Å². The Balaban J connectivity index is 1.72. The van der Waals surface area contributed by atoms with Gasteiger partial charge in [0, 0.05) is 13.1 Å². The van der Waals surface area contributed by atoms with E-state index in [9.17, 15) is 14.3 Å². The fourth-order valence-electron chi connectivity index (χ4n) is 2.86. The van der Waals surface area contributed by atoms with Crippen LogP contribution < -0.4 is 15.4 Å². The number of aliphatic hydroxyl groups is 1. The standard InChI is InChI=1S/C17H25FN2O3/c1-2-23-16-7-6-13(9-15(16)18)11-20-17(22)19-10-12-4-3-5-14(21)8-12/h6-7,9,12,14,21H,2-5,8,10-11H2,1H3,(H2,19,20,22). The van der Waals surface area contributed by atoms with Crippen molar-refractivity contribution in [3.05, 3.63) is 29.6 Å². The lowest BCUT2D eigenvalue weighted by Gasteiger charge is -2.25. The van der Waals surface area contributed by atoms with Gasteiger partial charge in [0.15, 0.2) is 11.6 Å². The number of nitrogens with one attached hydrogen (secondary N) is 2. The first-order valence-corrected chi connectivity index (χ1v) is 8.19. The van der Waals surface area contributed by atoms with Gasteiger partial charge in [-0.25, -0.2) is 9.18 Å². The largest absolute Gasteiger partial charge is 0.491 e. The van der Waals surface area contributed by atoms with Crippen LogP contribution in [0.3, 0.4) is 0 Å². The van der Waals surface area contributed by atoms with Crippen LogP contribution in [0.25, 0.3) is 0 Å². The van der Waals surface area contributed by atoms with Crippen LogP contribution in [0.4, 0.5) is 9.18 Å². The summed E-state index contributed by atoms with van der Waals surface area (Å²) in [5.41, 5.74) is 0.675. The first-order valence-electron chi connectivity index (χ1n) is 8.19. The topological polar surface area (TPSA) is 70.6 Å². The molecule has 0 spiro atoms. The molecule has 2 amide bonds. The molecule has 0 heterocycles. The zero-order valence-corrected chi connectivity index (χ0v) is 13.5. The normalized spacial score (nSPS) is 20.8. The SMILES string of the molecule is CCOc1ccc(CNC(=O)NCC2CCCC(O)C2)cc1F. The van der Waals surface area contributed by atoms with E-state index in [1.165, 1.54) is 6.07 Å². The summed E-state index contributed by atoms with van der Waals surface area (Å²) >= 11 is 0. The molecule has 2 rings (SSSR count). The van der Waals surface area contributed by atoms with Crippen LogP contribution in [0.1, 0.15) is 38.2 Å². The highest BCUT2D eigenvalue weighted by Gasteiger charge is 2.20. The molecule has 1 aromatic carbocycles. The van der Waals surface area contributed by atoms with E-state index in [-0.39, 0.29) is 24.4 Å². The van der Waals surface area contributed by atoms with Crippen molar-refractivity contribution < 1.29 is 19.0 Å². The van der Waals surface area contributed by atoms with Crippen molar-refractivity contribution in [2.24, 2.45) is 5.92 Å². The van der Waals surface area contributed by atoms with Gasteiger partial charge < -0.3 is 20.5 Å². The molecule has 23 heavy (non-hydrogen) atoms. The summed E-state index contributed by atoms with van der Waals surface area (Å²) in [7, 11) is 0. The van der Waals surface area contributed by atoms with Gasteiger partial charge in [0.05, 0.1) is 12.7 Å². The minimum atomic E-state index is -0.428. The maximum absolute atomic E-state index is 13.7. The van der Waals surface area contributed by atoms with Crippen LogP contribution in [-0.4, -0.2) is 30.4 Å². The average Bonchev–Trinajstić information content (AvgIpc) is 2.53. The summed E-state index contributed by atoms with van der Waals surface area (Å²) in [5.74, 6) is 0.117. The predicted molar refractivity (Wildman–Crippen MR) is 85.8 cm³/mol. The highest BCUT2D eigenvalue weighted by molar-refractivity contribution is 5.73. The third kappa shape index (κ3) is 5.71. The fraction of sp³-hybridized carbons (Fsp3) is 0.588. The summed E-state index contributed by atoms with van der Waals surface area (Å²) < 4.78 is 18.8. The zero-order chi connectivity index (χ0) is 16.7. The number of carbonyl (C=O) groups is 1. The number of aliphatic hydroxyl groups excluding tert-OH is 1. The first kappa shape index (κ1) is 17.5. The lowest BCUT2D eigenvalue weighted by molar-refractivity contribution is 0.101. The van der Waals surface area contributed by atoms with Crippen molar-refractivity contribution >= 4 is 6.03 Å². The van der Waals surface area contributed by atoms with Crippen LogP contribution in [0, 0.1) is 11.7 Å². The number of benzene rings is 1. The molecule has 0 bridgehead atoms. The molecule has 0 aromatic heterocycles. The molecule has 128 valence electrons. The van der Waals surface area contributed by atoms with E-state index in [1.807, 2.05) is 0 Å². The Morgan fingerprint density at radius 1 is 1.39 bits per heavy atom. The minimum Gasteiger partial charge on any atom is -0.491 e. The van der Waals surface area contributed by atoms with Crippen LogP contribution in [0.5, 0.6) is 5.75 Å². The van der Waals surface area contributed by atoms with Crippen LogP contribution in [0.15, 0.2) is 18.2 Å². The molecule has 2 unspecified atom stereocenters. The van der Waals surface area contributed by atoms with E-state index in [2.05, 4.69) is 10.6 Å². The Bertz CT molecular complexity index is 525. The molecule has 0 radical (unpaired) electrons. The first-order chi connectivity index (χ1) is 11.1. The van der Waals surface area contributed by atoms with Gasteiger partial charge in [-0.3, -0.25) is 0 Å². The third-order valence-electron chi connectivity index (χ3n) is 4.06. The zero-order valence-electron chi connectivity index (χ0n) is 13.5. The van der Waals surface area contributed by atoms with E-state index in [1.54, 1.807) is 19.1 Å². The molecule has 2 atom stereocenters. The van der Waals surface area contributed by atoms with Gasteiger partial charge >= 0.3 is 6.03 Å². The van der Waals surface area contributed by atoms with Gasteiger partial charge in [-0.1, -0.05) is 12.5 Å². The Kier molecular flexibility index (Phi) is 6.65. The van der Waals surface area contributed by atoms with E-state index in [0.717, 1.165) is 25.7 Å². The lowest BCUT2D eigenvalue weighted by Crippen LogP contribution is -2.39. The molecule has 0 aliphatic heterocycles. The molecule has 6 heteroatoms. The molecule has 1 aliphatic rings. The number of halogens is 1. The number of hydrogen-bond donors (Lipinski definition) is 3. The second-order valence-electron chi connectivity index (χ2n) is 5.95. The summed E-state index contributed by atoms with van der Waals surface area (Å²) in [4.78, 5) is 11.8. The molecule has 5 nitrogen and oxygen atoms in total. The monoisotopic (exact) mass is 324 g/mol. The molecule has 1 saturated carbocycles. The van der Waals surface area contributed by atoms with E-state index in [0.29, 0.717) is 24.6 Å². The van der Waals surface area contributed by atoms with Gasteiger partial charge in [0.2, 0.25) is 0 Å². The summed E-state index contributed by atoms with van der Waals surface area (Å²) in [5, 5.41) is 15.1. The smallest absolute Gasteiger partial charge is 0.315 e. The third-order valence-corrected chi connectivity index (χ3v) is 4.06. The van der Waals surface area contributed by atoms with Gasteiger partial charge in [0.25, 0.3) is 0 Å². The number of rotatable bonds is 6. The van der Waals surface area contributed by atoms with Crippen molar-refractivity contribution in [1.29, 1.82) is 0 Å². The Morgan fingerprint density at radius 2 is 2.22 bits per heavy atom. The van der Waals surface area contributed by atoms with Gasteiger partial charge in [-0.15, -0.1) is 0 Å². The Hall–Kier alpha value is -1.82. The second kappa shape index (κ2) is 8.72. The van der Waals surface area contributed by atoms with Crippen molar-refractivity contribution in [2.45, 2.75) is 45.3 Å². The Morgan fingerprint density at radius 3 is 2.91 bits per heavy atom. The van der Waals surface area contributed by atoms with E-state index < -0.39 is 5.82 Å². The second-order valence-corrected chi connectivity index (χ2v) is 5.95. The van der Waals surface area contributed by atoms with Gasteiger partial charge in [-0.05, 0) is 49.8 Å². The van der Waals surface area contributed by atoms with Crippen molar-refractivity contribution in [3.63, 3.8) is 0 Å². The fourth-order valence-corrected chi connectivity index (χ4v) is 2.86. The number of amides is 2. The van der Waals surface area contributed by atoms with Crippen LogP contribution in [-0.2, 0) is 6.54 Å². The molecule has 0 saturated heterocycles. The minimum absolute atomic E-state index is 0.219. The highest BCUT2D eigenvalue weighted by atomic mass is 19.1. The van der Waals surface area contributed by atoms with Crippen molar-refractivity contribution in [3.8, 4) is 5.75 Å². The predicted octanol–water partition coefficient (Wildman–Crippen LogP) is 2.57.